The smallest absolute Gasteiger partial charge is 0.272 e. The average molecular weight is 329 g/mol. The largest absolute Gasteiger partial charge is 0.342 e. The molecule has 128 valence electrons. The maximum absolute atomic E-state index is 12.5. The lowest BCUT2D eigenvalue weighted by Crippen LogP contribution is -2.43. The van der Waals surface area contributed by atoms with E-state index < -0.39 is 0 Å². The van der Waals surface area contributed by atoms with Crippen molar-refractivity contribution in [3.8, 4) is 0 Å². The van der Waals surface area contributed by atoms with Crippen LogP contribution in [0.4, 0.5) is 0 Å². The van der Waals surface area contributed by atoms with Crippen LogP contribution in [0.2, 0.25) is 0 Å². The summed E-state index contributed by atoms with van der Waals surface area (Å²) < 4.78 is 1.44. The molecule has 0 unspecified atom stereocenters. The summed E-state index contributed by atoms with van der Waals surface area (Å²) in [4.78, 5) is 33.6. The Hall–Kier alpha value is -2.15. The molecule has 0 bridgehead atoms. The highest BCUT2D eigenvalue weighted by Crippen LogP contribution is 2.29. The second-order valence-electron chi connectivity index (χ2n) is 6.75. The summed E-state index contributed by atoms with van der Waals surface area (Å²) in [6.07, 6.45) is 7.07. The lowest BCUT2D eigenvalue weighted by atomic mass is 9.99. The number of carbonyl (C=O) groups is 1. The maximum Gasteiger partial charge on any atom is 0.272 e. The van der Waals surface area contributed by atoms with Crippen molar-refractivity contribution in [2.45, 2.75) is 38.1 Å². The Labute approximate surface area is 140 Å². The zero-order valence-electron chi connectivity index (χ0n) is 13.8. The molecule has 0 spiro atoms. The van der Waals surface area contributed by atoms with Crippen LogP contribution in [0.15, 0.2) is 23.1 Å². The Bertz CT molecular complexity index is 790. The van der Waals surface area contributed by atoms with E-state index in [2.05, 4.69) is 15.0 Å². The first-order valence-electron chi connectivity index (χ1n) is 8.81. The van der Waals surface area contributed by atoms with Crippen LogP contribution >= 0.6 is 0 Å². The number of fused-ring (bicyclic) bond motifs is 1. The van der Waals surface area contributed by atoms with Gasteiger partial charge in [-0.25, -0.2) is 9.50 Å². The summed E-state index contributed by atoms with van der Waals surface area (Å²) in [7, 11) is 0. The van der Waals surface area contributed by atoms with Gasteiger partial charge in [0.05, 0.1) is 18.3 Å². The Morgan fingerprint density at radius 2 is 2.00 bits per heavy atom. The normalized spacial score (nSPS) is 22.3. The van der Waals surface area contributed by atoms with Crippen molar-refractivity contribution in [2.24, 2.45) is 0 Å². The molecule has 4 rings (SSSR count). The average Bonchev–Trinajstić information content (AvgIpc) is 3.27. The van der Waals surface area contributed by atoms with E-state index in [9.17, 15) is 9.59 Å². The third-order valence-corrected chi connectivity index (χ3v) is 5.15. The minimum absolute atomic E-state index is 0.0536. The van der Waals surface area contributed by atoms with Crippen molar-refractivity contribution < 1.29 is 4.79 Å². The summed E-state index contributed by atoms with van der Waals surface area (Å²) in [6.45, 7) is 3.08. The highest BCUT2D eigenvalue weighted by molar-refractivity contribution is 5.78. The lowest BCUT2D eigenvalue weighted by molar-refractivity contribution is -0.132. The van der Waals surface area contributed by atoms with Gasteiger partial charge in [-0.2, -0.15) is 0 Å². The lowest BCUT2D eigenvalue weighted by Gasteiger charge is -2.35. The van der Waals surface area contributed by atoms with Crippen molar-refractivity contribution >= 4 is 11.6 Å². The monoisotopic (exact) mass is 329 g/mol. The Balaban J connectivity index is 1.58. The van der Waals surface area contributed by atoms with Crippen LogP contribution in [0, 0.1) is 0 Å². The first-order valence-corrected chi connectivity index (χ1v) is 8.81. The zero-order chi connectivity index (χ0) is 16.5. The summed E-state index contributed by atoms with van der Waals surface area (Å²) in [6, 6.07) is 3.46. The van der Waals surface area contributed by atoms with E-state index in [1.54, 1.807) is 18.3 Å². The van der Waals surface area contributed by atoms with E-state index in [1.165, 1.54) is 4.52 Å². The van der Waals surface area contributed by atoms with Gasteiger partial charge in [-0.1, -0.05) is 6.42 Å². The second-order valence-corrected chi connectivity index (χ2v) is 6.75. The number of carbonyl (C=O) groups excluding carboxylic acids is 1. The molecule has 1 N–H and O–H groups in total. The van der Waals surface area contributed by atoms with Crippen molar-refractivity contribution in [3.05, 3.63) is 34.4 Å². The zero-order valence-corrected chi connectivity index (χ0v) is 13.8. The molecule has 0 aliphatic carbocycles. The molecule has 4 heterocycles. The van der Waals surface area contributed by atoms with E-state index in [0.29, 0.717) is 12.2 Å². The van der Waals surface area contributed by atoms with Crippen molar-refractivity contribution in [3.63, 3.8) is 0 Å². The van der Waals surface area contributed by atoms with Crippen LogP contribution in [-0.4, -0.2) is 56.5 Å². The van der Waals surface area contributed by atoms with Crippen LogP contribution in [0.3, 0.4) is 0 Å². The van der Waals surface area contributed by atoms with Crippen LogP contribution in [-0.2, 0) is 4.79 Å². The predicted octanol–water partition coefficient (Wildman–Crippen LogP) is 1.17. The number of hydrogen-bond acceptors (Lipinski definition) is 4. The van der Waals surface area contributed by atoms with Crippen LogP contribution in [0.1, 0.15) is 43.8 Å². The fraction of sp³-hybridized carbons (Fsp3) is 0.588. The van der Waals surface area contributed by atoms with Gasteiger partial charge < -0.3 is 4.90 Å². The molecule has 1 amide bonds. The predicted molar refractivity (Wildman–Crippen MR) is 89.8 cm³/mol. The fourth-order valence-electron chi connectivity index (χ4n) is 3.87. The summed E-state index contributed by atoms with van der Waals surface area (Å²) in [5.74, 6) is 0.207. The number of piperidine rings is 1. The van der Waals surface area contributed by atoms with E-state index in [-0.39, 0.29) is 17.5 Å². The molecule has 2 saturated heterocycles. The first-order chi connectivity index (χ1) is 11.7. The number of aromatic nitrogens is 3. The molecule has 24 heavy (non-hydrogen) atoms. The van der Waals surface area contributed by atoms with Gasteiger partial charge in [0.25, 0.3) is 5.56 Å². The highest BCUT2D eigenvalue weighted by atomic mass is 16.2. The molecule has 2 aliphatic rings. The van der Waals surface area contributed by atoms with Gasteiger partial charge in [-0.15, -0.1) is 0 Å². The van der Waals surface area contributed by atoms with E-state index >= 15 is 0 Å². The van der Waals surface area contributed by atoms with Gasteiger partial charge in [0, 0.05) is 31.4 Å². The molecule has 2 aliphatic heterocycles. The molecule has 2 aromatic rings. The number of hydrogen-bond donors (Lipinski definition) is 1. The molecule has 0 saturated carbocycles. The Morgan fingerprint density at radius 3 is 2.83 bits per heavy atom. The second kappa shape index (κ2) is 6.39. The van der Waals surface area contributed by atoms with Crippen LogP contribution < -0.4 is 5.56 Å². The minimum atomic E-state index is -0.101. The SMILES string of the molecule is O=C(CN1CCCC[C@@H]1c1cc(=O)n2[nH]ccc2n1)N1CCCC1. The number of nitrogens with one attached hydrogen (secondary N) is 1. The van der Waals surface area contributed by atoms with Crippen molar-refractivity contribution in [1.29, 1.82) is 0 Å². The van der Waals surface area contributed by atoms with Gasteiger partial charge in [-0.05, 0) is 32.2 Å². The topological polar surface area (TPSA) is 73.7 Å². The third kappa shape index (κ3) is 2.84. The van der Waals surface area contributed by atoms with Gasteiger partial charge >= 0.3 is 0 Å². The van der Waals surface area contributed by atoms with E-state index in [4.69, 9.17) is 0 Å². The Kier molecular flexibility index (Phi) is 4.10. The van der Waals surface area contributed by atoms with Crippen molar-refractivity contribution in [1.82, 2.24) is 24.4 Å². The minimum Gasteiger partial charge on any atom is -0.342 e. The highest BCUT2D eigenvalue weighted by Gasteiger charge is 2.29. The molecule has 0 radical (unpaired) electrons. The van der Waals surface area contributed by atoms with Crippen LogP contribution in [0.5, 0.6) is 0 Å². The number of H-pyrrole nitrogens is 1. The van der Waals surface area contributed by atoms with Crippen LogP contribution in [0.25, 0.3) is 5.65 Å². The van der Waals surface area contributed by atoms with E-state index in [0.717, 1.165) is 57.4 Å². The third-order valence-electron chi connectivity index (χ3n) is 5.15. The summed E-state index contributed by atoms with van der Waals surface area (Å²) >= 11 is 0. The molecule has 2 aromatic heterocycles. The fourth-order valence-corrected chi connectivity index (χ4v) is 3.87. The molecular weight excluding hydrogens is 306 g/mol. The molecule has 7 nitrogen and oxygen atoms in total. The summed E-state index contributed by atoms with van der Waals surface area (Å²) in [5.41, 5.74) is 1.32. The number of aromatic amines is 1. The molecule has 1 atom stereocenters. The van der Waals surface area contributed by atoms with E-state index in [1.807, 2.05) is 4.90 Å². The Morgan fingerprint density at radius 1 is 1.21 bits per heavy atom. The van der Waals surface area contributed by atoms with Gasteiger partial charge in [-0.3, -0.25) is 19.6 Å². The van der Waals surface area contributed by atoms with Gasteiger partial charge in [0.15, 0.2) is 5.65 Å². The molecule has 0 aromatic carbocycles. The van der Waals surface area contributed by atoms with Crippen molar-refractivity contribution in [2.75, 3.05) is 26.2 Å². The quantitative estimate of drug-likeness (QED) is 0.917. The summed E-state index contributed by atoms with van der Waals surface area (Å²) in [5, 5.41) is 2.87. The number of rotatable bonds is 3. The number of likely N-dealkylation sites (tertiary alicyclic amines) is 2. The standard InChI is InChI=1S/C17H23N5O2/c23-16-11-13(19-15-6-7-18-22(15)16)14-5-1-2-10-21(14)12-17(24)20-8-3-4-9-20/h6-7,11,14,18H,1-5,8-10,12H2/t14-/m1/s1. The molecule has 2 fully saturated rings. The van der Waals surface area contributed by atoms with Gasteiger partial charge in [0.2, 0.25) is 5.91 Å². The molecule has 7 heteroatoms. The molecular formula is C17H23N5O2. The first kappa shape index (κ1) is 15.4. The maximum atomic E-state index is 12.5. The number of nitrogens with zero attached hydrogens (tertiary/aromatic N) is 4. The number of amides is 1. The van der Waals surface area contributed by atoms with Gasteiger partial charge in [0.1, 0.15) is 0 Å².